The Morgan fingerprint density at radius 1 is 1.00 bits per heavy atom. The van der Waals surface area contributed by atoms with Crippen molar-refractivity contribution in [2.45, 2.75) is 51.4 Å². The van der Waals surface area contributed by atoms with Crippen LogP contribution in [0.1, 0.15) is 51.4 Å². The van der Waals surface area contributed by atoms with E-state index in [1.807, 2.05) is 11.9 Å². The van der Waals surface area contributed by atoms with Crippen LogP contribution < -0.4 is 5.32 Å². The van der Waals surface area contributed by atoms with Crippen molar-refractivity contribution in [2.24, 2.45) is 10.4 Å². The summed E-state index contributed by atoms with van der Waals surface area (Å²) in [5, 5.41) is 3.29. The third-order valence-corrected chi connectivity index (χ3v) is 5.72. The van der Waals surface area contributed by atoms with Crippen molar-refractivity contribution in [1.82, 2.24) is 15.1 Å². The van der Waals surface area contributed by atoms with E-state index in [0.717, 1.165) is 45.0 Å². The molecule has 0 aromatic rings. The van der Waals surface area contributed by atoms with E-state index in [-0.39, 0.29) is 29.9 Å². The van der Waals surface area contributed by atoms with Crippen molar-refractivity contribution in [2.75, 3.05) is 39.8 Å². The summed E-state index contributed by atoms with van der Waals surface area (Å²) < 4.78 is 0. The Bertz CT molecular complexity index is 428. The zero-order valence-electron chi connectivity index (χ0n) is 14.4. The average Bonchev–Trinajstić information content (AvgIpc) is 3.19. The molecule has 2 aliphatic heterocycles. The number of hydrogen-bond acceptors (Lipinski definition) is 2. The van der Waals surface area contributed by atoms with Gasteiger partial charge in [0.15, 0.2) is 5.96 Å². The molecule has 0 radical (unpaired) electrons. The van der Waals surface area contributed by atoms with Crippen LogP contribution >= 0.6 is 24.0 Å². The molecule has 132 valence electrons. The highest BCUT2D eigenvalue weighted by Gasteiger charge is 2.39. The number of halogens is 1. The molecule has 5 nitrogen and oxygen atoms in total. The van der Waals surface area contributed by atoms with Crippen LogP contribution in [-0.4, -0.2) is 61.4 Å². The number of aliphatic imine (C=N–C) groups is 1. The van der Waals surface area contributed by atoms with Crippen LogP contribution in [0.3, 0.4) is 0 Å². The molecule has 1 N–H and O–H groups in total. The zero-order valence-corrected chi connectivity index (χ0v) is 16.7. The van der Waals surface area contributed by atoms with E-state index in [4.69, 9.17) is 0 Å². The highest BCUT2D eigenvalue weighted by atomic mass is 127. The first kappa shape index (κ1) is 18.8. The maximum Gasteiger partial charge on any atom is 0.241 e. The van der Waals surface area contributed by atoms with Crippen LogP contribution in [0.4, 0.5) is 0 Å². The summed E-state index contributed by atoms with van der Waals surface area (Å²) in [5.74, 6) is 1.13. The van der Waals surface area contributed by atoms with Crippen LogP contribution in [0.25, 0.3) is 0 Å². The Kier molecular flexibility index (Phi) is 6.98. The van der Waals surface area contributed by atoms with Gasteiger partial charge in [-0.1, -0.05) is 19.3 Å². The number of nitrogens with zero attached hydrogens (tertiary/aromatic N) is 3. The summed E-state index contributed by atoms with van der Waals surface area (Å²) >= 11 is 0. The Morgan fingerprint density at radius 3 is 2.35 bits per heavy atom. The molecule has 1 aliphatic carbocycles. The van der Waals surface area contributed by atoms with Crippen molar-refractivity contribution in [1.29, 1.82) is 0 Å². The van der Waals surface area contributed by atoms with E-state index in [2.05, 4.69) is 15.2 Å². The predicted octanol–water partition coefficient (Wildman–Crippen LogP) is 2.46. The average molecular weight is 434 g/mol. The summed E-state index contributed by atoms with van der Waals surface area (Å²) in [4.78, 5) is 20.9. The molecule has 1 spiro atoms. The summed E-state index contributed by atoms with van der Waals surface area (Å²) in [6, 6.07) is 0. The molecule has 3 aliphatic rings. The maximum atomic E-state index is 12.2. The van der Waals surface area contributed by atoms with Gasteiger partial charge in [-0.3, -0.25) is 9.79 Å². The van der Waals surface area contributed by atoms with E-state index < -0.39 is 0 Å². The monoisotopic (exact) mass is 434 g/mol. The molecule has 0 atom stereocenters. The van der Waals surface area contributed by atoms with E-state index in [9.17, 15) is 4.79 Å². The van der Waals surface area contributed by atoms with Crippen LogP contribution in [0.2, 0.25) is 0 Å². The van der Waals surface area contributed by atoms with Crippen LogP contribution in [-0.2, 0) is 4.79 Å². The van der Waals surface area contributed by atoms with Gasteiger partial charge in [-0.25, -0.2) is 0 Å². The molecule has 0 bridgehead atoms. The highest BCUT2D eigenvalue weighted by Crippen LogP contribution is 2.43. The quantitative estimate of drug-likeness (QED) is 0.413. The van der Waals surface area contributed by atoms with Crippen molar-refractivity contribution < 1.29 is 4.79 Å². The minimum atomic E-state index is 0. The minimum absolute atomic E-state index is 0. The number of rotatable bonds is 2. The summed E-state index contributed by atoms with van der Waals surface area (Å²) in [7, 11) is 1.83. The lowest BCUT2D eigenvalue weighted by atomic mass is 9.73. The highest BCUT2D eigenvalue weighted by molar-refractivity contribution is 14.0. The van der Waals surface area contributed by atoms with Gasteiger partial charge in [-0.2, -0.15) is 0 Å². The normalized spacial score (nSPS) is 24.0. The number of hydrogen-bond donors (Lipinski definition) is 1. The molecule has 3 rings (SSSR count). The molecule has 2 heterocycles. The van der Waals surface area contributed by atoms with E-state index in [1.54, 1.807) is 0 Å². The van der Waals surface area contributed by atoms with Gasteiger partial charge in [0.2, 0.25) is 5.91 Å². The lowest BCUT2D eigenvalue weighted by molar-refractivity contribution is -0.128. The first-order valence-corrected chi connectivity index (χ1v) is 8.96. The lowest BCUT2D eigenvalue weighted by Gasteiger charge is -2.33. The van der Waals surface area contributed by atoms with Gasteiger partial charge < -0.3 is 15.1 Å². The largest absolute Gasteiger partial charge is 0.347 e. The van der Waals surface area contributed by atoms with Gasteiger partial charge in [0, 0.05) is 33.2 Å². The van der Waals surface area contributed by atoms with E-state index in [1.165, 1.54) is 38.5 Å². The molecule has 0 aromatic heterocycles. The second-order valence-corrected chi connectivity index (χ2v) is 7.22. The van der Waals surface area contributed by atoms with Crippen molar-refractivity contribution in [3.05, 3.63) is 0 Å². The van der Waals surface area contributed by atoms with Crippen LogP contribution in [0, 0.1) is 5.41 Å². The topological polar surface area (TPSA) is 47.9 Å². The standard InChI is InChI=1S/C17H30N4O.HI/c1-18-16(19-13-15(22)20-10-5-6-11-20)21-12-9-17(14-21)7-3-2-4-8-17;/h2-14H2,1H3,(H,18,19);1H. The van der Waals surface area contributed by atoms with E-state index >= 15 is 0 Å². The second kappa shape index (κ2) is 8.53. The molecule has 1 saturated carbocycles. The van der Waals surface area contributed by atoms with Gasteiger partial charge in [-0.15, -0.1) is 24.0 Å². The first-order valence-electron chi connectivity index (χ1n) is 8.96. The number of guanidine groups is 1. The Morgan fingerprint density at radius 2 is 1.70 bits per heavy atom. The predicted molar refractivity (Wildman–Crippen MR) is 104 cm³/mol. The van der Waals surface area contributed by atoms with Crippen molar-refractivity contribution in [3.8, 4) is 0 Å². The first-order chi connectivity index (χ1) is 10.7. The number of carbonyl (C=O) groups excluding carboxylic acids is 1. The lowest BCUT2D eigenvalue weighted by Crippen LogP contribution is -2.46. The Labute approximate surface area is 157 Å². The zero-order chi connectivity index (χ0) is 15.4. The van der Waals surface area contributed by atoms with Gasteiger partial charge in [0.05, 0.1) is 6.54 Å². The fourth-order valence-corrected chi connectivity index (χ4v) is 4.39. The van der Waals surface area contributed by atoms with Crippen molar-refractivity contribution >= 4 is 35.8 Å². The molecular formula is C17H31IN4O. The van der Waals surface area contributed by atoms with Crippen LogP contribution in [0.15, 0.2) is 4.99 Å². The SMILES string of the molecule is CN=C(NCC(=O)N1CCCC1)N1CCC2(CCCCC2)C1.I. The number of amides is 1. The van der Waals surface area contributed by atoms with Gasteiger partial charge in [0.25, 0.3) is 0 Å². The van der Waals surface area contributed by atoms with Gasteiger partial charge in [-0.05, 0) is 37.5 Å². The second-order valence-electron chi connectivity index (χ2n) is 7.22. The molecule has 1 amide bonds. The Balaban J connectivity index is 0.00000192. The third-order valence-electron chi connectivity index (χ3n) is 5.72. The Hall–Kier alpha value is -0.530. The molecule has 0 unspecified atom stereocenters. The maximum absolute atomic E-state index is 12.2. The van der Waals surface area contributed by atoms with Crippen molar-refractivity contribution in [3.63, 3.8) is 0 Å². The molecule has 6 heteroatoms. The van der Waals surface area contributed by atoms with Crippen LogP contribution in [0.5, 0.6) is 0 Å². The summed E-state index contributed by atoms with van der Waals surface area (Å²) in [6.45, 7) is 4.43. The summed E-state index contributed by atoms with van der Waals surface area (Å²) in [6.07, 6.45) is 10.5. The summed E-state index contributed by atoms with van der Waals surface area (Å²) in [5.41, 5.74) is 0.523. The van der Waals surface area contributed by atoms with Gasteiger partial charge >= 0.3 is 0 Å². The number of nitrogens with one attached hydrogen (secondary N) is 1. The molecule has 23 heavy (non-hydrogen) atoms. The fraction of sp³-hybridized carbons (Fsp3) is 0.882. The number of likely N-dealkylation sites (tertiary alicyclic amines) is 2. The molecule has 3 fully saturated rings. The smallest absolute Gasteiger partial charge is 0.241 e. The van der Waals surface area contributed by atoms with E-state index in [0.29, 0.717) is 12.0 Å². The fourth-order valence-electron chi connectivity index (χ4n) is 4.39. The molecule has 2 saturated heterocycles. The third kappa shape index (κ3) is 4.51. The minimum Gasteiger partial charge on any atom is -0.347 e. The number of carbonyl (C=O) groups is 1. The molecular weight excluding hydrogens is 403 g/mol. The molecule has 0 aromatic carbocycles. The van der Waals surface area contributed by atoms with Gasteiger partial charge in [0.1, 0.15) is 0 Å².